The largest absolute Gasteiger partial charge is 0.395 e. The summed E-state index contributed by atoms with van der Waals surface area (Å²) < 4.78 is 66.1. The lowest BCUT2D eigenvalue weighted by atomic mass is 10.0. The summed E-state index contributed by atoms with van der Waals surface area (Å²) in [6, 6.07) is 5.21. The van der Waals surface area contributed by atoms with Gasteiger partial charge in [0.15, 0.2) is 0 Å². The Morgan fingerprint density at radius 3 is 2.45 bits per heavy atom. The maximum absolute atomic E-state index is 13.0. The van der Waals surface area contributed by atoms with Crippen molar-refractivity contribution in [2.24, 2.45) is 0 Å². The second-order valence-corrected chi connectivity index (χ2v) is 9.04. The summed E-state index contributed by atoms with van der Waals surface area (Å²) in [4.78, 5) is 9.86. The van der Waals surface area contributed by atoms with E-state index < -0.39 is 28.2 Å². The molecule has 1 saturated heterocycles. The van der Waals surface area contributed by atoms with Crippen LogP contribution in [0.15, 0.2) is 41.6 Å². The van der Waals surface area contributed by atoms with Crippen molar-refractivity contribution < 1.29 is 21.6 Å². The molecular weight excluding hydrogens is 431 g/mol. The second-order valence-electron chi connectivity index (χ2n) is 7.10. The van der Waals surface area contributed by atoms with Gasteiger partial charge in [0.1, 0.15) is 22.6 Å². The van der Waals surface area contributed by atoms with E-state index in [0.29, 0.717) is 5.82 Å². The molecule has 0 saturated carbocycles. The van der Waals surface area contributed by atoms with E-state index in [0.717, 1.165) is 6.92 Å². The van der Waals surface area contributed by atoms with Gasteiger partial charge in [-0.1, -0.05) is 12.0 Å². The van der Waals surface area contributed by atoms with Crippen LogP contribution in [0, 0.1) is 11.8 Å². The molecule has 0 amide bonds. The Balaban J connectivity index is 1.82. The highest BCUT2D eigenvalue weighted by Gasteiger charge is 2.38. The summed E-state index contributed by atoms with van der Waals surface area (Å²) in [6.07, 6.45) is -1.94. The summed E-state index contributed by atoms with van der Waals surface area (Å²) in [6.45, 7) is 3.24. The number of alkyl halides is 3. The lowest BCUT2D eigenvalue weighted by Gasteiger charge is -2.39. The zero-order valence-electron chi connectivity index (χ0n) is 17.0. The number of nitrogen functional groups attached to an aromatic ring is 1. The smallest absolute Gasteiger partial charge is 0.384 e. The zero-order valence-corrected chi connectivity index (χ0v) is 17.8. The molecule has 2 unspecified atom stereocenters. The first-order valence-corrected chi connectivity index (χ1v) is 10.9. The van der Waals surface area contributed by atoms with Gasteiger partial charge in [0.2, 0.25) is 10.0 Å². The Bertz CT molecular complexity index is 1080. The van der Waals surface area contributed by atoms with E-state index >= 15 is 0 Å². The number of sulfonamides is 1. The highest BCUT2D eigenvalue weighted by molar-refractivity contribution is 7.89. The van der Waals surface area contributed by atoms with Crippen LogP contribution in [-0.4, -0.2) is 54.5 Å². The molecule has 0 bridgehead atoms. The molecule has 1 aliphatic rings. The Morgan fingerprint density at radius 2 is 1.90 bits per heavy atom. The van der Waals surface area contributed by atoms with Crippen LogP contribution in [0.3, 0.4) is 0 Å². The number of nitrogens with zero attached hydrogens (tertiary/aromatic N) is 4. The maximum Gasteiger partial charge on any atom is 0.395 e. The average Bonchev–Trinajstić information content (AvgIpc) is 2.73. The SMILES string of the molecule is CC#CC1CN(S(=O)(=O)c2ccc(N)nc2)CCN1c1ccc(C(C)C(F)(F)F)cn1. The first-order valence-electron chi connectivity index (χ1n) is 9.47. The fourth-order valence-corrected chi connectivity index (χ4v) is 4.63. The van der Waals surface area contributed by atoms with Crippen LogP contribution in [0.2, 0.25) is 0 Å². The maximum atomic E-state index is 13.0. The minimum Gasteiger partial charge on any atom is -0.384 e. The summed E-state index contributed by atoms with van der Waals surface area (Å²) in [5, 5.41) is 0. The third kappa shape index (κ3) is 4.91. The molecule has 0 radical (unpaired) electrons. The van der Waals surface area contributed by atoms with Crippen LogP contribution >= 0.6 is 0 Å². The van der Waals surface area contributed by atoms with Crippen molar-refractivity contribution in [1.29, 1.82) is 0 Å². The molecule has 31 heavy (non-hydrogen) atoms. The van der Waals surface area contributed by atoms with Crippen LogP contribution in [-0.2, 0) is 10.0 Å². The van der Waals surface area contributed by atoms with Crippen molar-refractivity contribution in [1.82, 2.24) is 14.3 Å². The molecule has 11 heteroatoms. The van der Waals surface area contributed by atoms with E-state index in [-0.39, 0.29) is 35.9 Å². The van der Waals surface area contributed by atoms with E-state index in [9.17, 15) is 21.6 Å². The fourth-order valence-electron chi connectivity index (χ4n) is 3.25. The number of rotatable bonds is 4. The first kappa shape index (κ1) is 22.8. The summed E-state index contributed by atoms with van der Waals surface area (Å²) >= 11 is 0. The Labute approximate surface area is 179 Å². The molecule has 2 aromatic rings. The molecule has 166 valence electrons. The normalized spacial score (nSPS) is 18.9. The van der Waals surface area contributed by atoms with E-state index in [2.05, 4.69) is 21.8 Å². The predicted octanol–water partition coefficient (Wildman–Crippen LogP) is 2.63. The molecule has 1 fully saturated rings. The van der Waals surface area contributed by atoms with Crippen molar-refractivity contribution in [2.75, 3.05) is 30.3 Å². The van der Waals surface area contributed by atoms with Gasteiger partial charge in [-0.05, 0) is 37.6 Å². The molecule has 3 rings (SSSR count). The van der Waals surface area contributed by atoms with Gasteiger partial charge >= 0.3 is 6.18 Å². The zero-order chi connectivity index (χ0) is 22.8. The Hall–Kier alpha value is -2.84. The summed E-state index contributed by atoms with van der Waals surface area (Å²) in [5.41, 5.74) is 5.59. The van der Waals surface area contributed by atoms with E-state index in [1.54, 1.807) is 11.8 Å². The van der Waals surface area contributed by atoms with Crippen molar-refractivity contribution in [2.45, 2.75) is 36.9 Å². The minimum atomic E-state index is -4.35. The topological polar surface area (TPSA) is 92.4 Å². The summed E-state index contributed by atoms with van der Waals surface area (Å²) in [5.74, 6) is 4.79. The van der Waals surface area contributed by atoms with Gasteiger partial charge in [0, 0.05) is 32.0 Å². The van der Waals surface area contributed by atoms with Gasteiger partial charge in [-0.15, -0.1) is 5.92 Å². The highest BCUT2D eigenvalue weighted by Crippen LogP contribution is 2.34. The third-order valence-electron chi connectivity index (χ3n) is 5.11. The van der Waals surface area contributed by atoms with Crippen LogP contribution in [0.1, 0.15) is 25.3 Å². The van der Waals surface area contributed by atoms with Crippen molar-refractivity contribution in [3.63, 3.8) is 0 Å². The van der Waals surface area contributed by atoms with Crippen LogP contribution < -0.4 is 10.6 Å². The lowest BCUT2D eigenvalue weighted by molar-refractivity contribution is -0.146. The number of hydrogen-bond acceptors (Lipinski definition) is 6. The highest BCUT2D eigenvalue weighted by atomic mass is 32.2. The number of piperazine rings is 1. The van der Waals surface area contributed by atoms with Gasteiger partial charge < -0.3 is 10.6 Å². The van der Waals surface area contributed by atoms with E-state index in [1.165, 1.54) is 41.0 Å². The van der Waals surface area contributed by atoms with E-state index in [4.69, 9.17) is 5.73 Å². The van der Waals surface area contributed by atoms with Gasteiger partial charge in [-0.25, -0.2) is 18.4 Å². The first-order chi connectivity index (χ1) is 14.5. The van der Waals surface area contributed by atoms with E-state index in [1.807, 2.05) is 0 Å². The van der Waals surface area contributed by atoms with Gasteiger partial charge in [-0.3, -0.25) is 0 Å². The molecule has 0 spiro atoms. The van der Waals surface area contributed by atoms with Crippen molar-refractivity contribution in [3.8, 4) is 11.8 Å². The van der Waals surface area contributed by atoms with Crippen LogP contribution in [0.4, 0.5) is 24.8 Å². The Morgan fingerprint density at radius 1 is 1.16 bits per heavy atom. The molecule has 2 aromatic heterocycles. The molecular formula is C20H22F3N5O2S. The van der Waals surface area contributed by atoms with Gasteiger partial charge in [0.25, 0.3) is 0 Å². The molecule has 7 nitrogen and oxygen atoms in total. The lowest BCUT2D eigenvalue weighted by Crippen LogP contribution is -2.54. The Kier molecular flexibility index (Phi) is 6.43. The number of halogens is 3. The van der Waals surface area contributed by atoms with Crippen LogP contribution in [0.25, 0.3) is 0 Å². The monoisotopic (exact) mass is 453 g/mol. The quantitative estimate of drug-likeness (QED) is 0.716. The van der Waals surface area contributed by atoms with Crippen molar-refractivity contribution in [3.05, 3.63) is 42.2 Å². The second kappa shape index (κ2) is 8.72. The third-order valence-corrected chi connectivity index (χ3v) is 6.96. The van der Waals surface area contributed by atoms with Crippen LogP contribution in [0.5, 0.6) is 0 Å². The molecule has 1 aliphatic heterocycles. The van der Waals surface area contributed by atoms with Gasteiger partial charge in [0.05, 0.1) is 5.92 Å². The number of hydrogen-bond donors (Lipinski definition) is 1. The average molecular weight is 453 g/mol. The molecule has 2 N–H and O–H groups in total. The number of aromatic nitrogens is 2. The number of pyridine rings is 2. The molecule has 0 aromatic carbocycles. The summed E-state index contributed by atoms with van der Waals surface area (Å²) in [7, 11) is -3.79. The predicted molar refractivity (Wildman–Crippen MR) is 111 cm³/mol. The fraction of sp³-hybridized carbons (Fsp3) is 0.400. The molecule has 2 atom stereocenters. The number of nitrogens with two attached hydrogens (primary N) is 1. The van der Waals surface area contributed by atoms with Gasteiger partial charge in [-0.2, -0.15) is 17.5 Å². The minimum absolute atomic E-state index is 0.0296. The molecule has 3 heterocycles. The molecule has 0 aliphatic carbocycles. The van der Waals surface area contributed by atoms with Crippen molar-refractivity contribution >= 4 is 21.7 Å². The standard InChI is InChI=1S/C20H22F3N5O2S/c1-3-4-16-13-27(31(29,30)17-6-7-18(24)25-12-17)9-10-28(16)19-8-5-15(11-26-19)14(2)20(21,22)23/h5-8,11-12,14,16H,9-10,13H2,1-2H3,(H2,24,25). The number of anilines is 2.